The average Bonchev–Trinajstić information content (AvgIpc) is 3.08. The van der Waals surface area contributed by atoms with E-state index in [2.05, 4.69) is 84.4 Å². The highest BCUT2D eigenvalue weighted by molar-refractivity contribution is 5.43. The van der Waals surface area contributed by atoms with Crippen molar-refractivity contribution in [2.75, 3.05) is 19.7 Å². The number of rotatable bonds is 8. The molecule has 0 amide bonds. The standard InChI is InChI=1S/C27H35N3O/c1-4-31-27-12-10-26(11-13-27)30-21(2)18-24(22(30)3)19-28-25-14-16-29(17-15-25)20-23-8-6-5-7-9-23/h5-13,18,25,28H,4,14-17,19-20H2,1-3H3/p+2. The number of hydrogen-bond donors (Lipinski definition) is 2. The number of nitrogens with one attached hydrogen (secondary N) is 1. The second-order valence-electron chi connectivity index (χ2n) is 8.85. The number of nitrogens with zero attached hydrogens (tertiary/aromatic N) is 1. The van der Waals surface area contributed by atoms with Crippen molar-refractivity contribution in [3.05, 3.63) is 83.2 Å². The number of likely N-dealkylation sites (tertiary alicyclic amines) is 1. The summed E-state index contributed by atoms with van der Waals surface area (Å²) in [5.41, 5.74) is 6.77. The molecule has 4 heteroatoms. The molecule has 0 atom stereocenters. The van der Waals surface area contributed by atoms with Crippen LogP contribution in [0.15, 0.2) is 60.7 Å². The van der Waals surface area contributed by atoms with Crippen LogP contribution in [0, 0.1) is 13.8 Å². The van der Waals surface area contributed by atoms with Crippen molar-refractivity contribution in [1.29, 1.82) is 0 Å². The summed E-state index contributed by atoms with van der Waals surface area (Å²) in [7, 11) is 0. The van der Waals surface area contributed by atoms with Gasteiger partial charge in [0.15, 0.2) is 0 Å². The summed E-state index contributed by atoms with van der Waals surface area (Å²) in [6.45, 7) is 12.0. The van der Waals surface area contributed by atoms with E-state index in [0.29, 0.717) is 6.61 Å². The predicted octanol–water partition coefficient (Wildman–Crippen LogP) is 2.80. The maximum Gasteiger partial charge on any atom is 0.119 e. The molecule has 0 unspecified atom stereocenters. The fraction of sp³-hybridized carbons (Fsp3) is 0.407. The lowest BCUT2D eigenvalue weighted by Crippen LogP contribution is -3.13. The lowest BCUT2D eigenvalue weighted by atomic mass is 10.0. The van der Waals surface area contributed by atoms with Crippen LogP contribution in [0.25, 0.3) is 5.69 Å². The number of nitrogens with two attached hydrogens (primary N) is 1. The van der Waals surface area contributed by atoms with Crippen molar-refractivity contribution in [2.45, 2.75) is 52.7 Å². The number of ether oxygens (including phenoxy) is 1. The minimum atomic E-state index is 0.702. The quantitative estimate of drug-likeness (QED) is 0.579. The van der Waals surface area contributed by atoms with E-state index in [1.165, 1.54) is 54.1 Å². The van der Waals surface area contributed by atoms with E-state index in [1.807, 2.05) is 6.92 Å². The molecule has 0 bridgehead atoms. The molecule has 2 heterocycles. The molecule has 0 spiro atoms. The fourth-order valence-electron chi connectivity index (χ4n) is 4.93. The van der Waals surface area contributed by atoms with Crippen LogP contribution in [0.3, 0.4) is 0 Å². The molecular weight excluding hydrogens is 382 g/mol. The molecule has 2 aromatic carbocycles. The summed E-state index contributed by atoms with van der Waals surface area (Å²) in [5, 5.41) is 2.57. The van der Waals surface area contributed by atoms with Gasteiger partial charge in [0.25, 0.3) is 0 Å². The van der Waals surface area contributed by atoms with Crippen LogP contribution in [-0.4, -0.2) is 30.3 Å². The molecule has 1 aromatic heterocycles. The topological polar surface area (TPSA) is 35.2 Å². The van der Waals surface area contributed by atoms with Crippen LogP contribution in [0.2, 0.25) is 0 Å². The first kappa shape index (κ1) is 21.7. The molecule has 4 rings (SSSR count). The van der Waals surface area contributed by atoms with E-state index in [-0.39, 0.29) is 0 Å². The molecule has 0 aliphatic carbocycles. The monoisotopic (exact) mass is 419 g/mol. The minimum absolute atomic E-state index is 0.702. The molecular formula is C27H37N3O+2. The molecule has 164 valence electrons. The van der Waals surface area contributed by atoms with Crippen LogP contribution in [0.5, 0.6) is 5.75 Å². The van der Waals surface area contributed by atoms with Crippen molar-refractivity contribution in [3.63, 3.8) is 0 Å². The Bertz CT molecular complexity index is 954. The zero-order chi connectivity index (χ0) is 21.6. The smallest absolute Gasteiger partial charge is 0.119 e. The fourth-order valence-corrected chi connectivity index (χ4v) is 4.93. The van der Waals surface area contributed by atoms with Gasteiger partial charge < -0.3 is 19.5 Å². The molecule has 1 saturated heterocycles. The molecule has 3 aromatic rings. The van der Waals surface area contributed by atoms with Gasteiger partial charge in [0.1, 0.15) is 18.8 Å². The van der Waals surface area contributed by atoms with Gasteiger partial charge in [-0.15, -0.1) is 0 Å². The van der Waals surface area contributed by atoms with Gasteiger partial charge in [-0.25, -0.2) is 0 Å². The van der Waals surface area contributed by atoms with Crippen molar-refractivity contribution in [2.24, 2.45) is 0 Å². The van der Waals surface area contributed by atoms with E-state index >= 15 is 0 Å². The lowest BCUT2D eigenvalue weighted by Gasteiger charge is -2.28. The maximum atomic E-state index is 5.59. The third kappa shape index (κ3) is 5.38. The van der Waals surface area contributed by atoms with Gasteiger partial charge in [-0.2, -0.15) is 0 Å². The summed E-state index contributed by atoms with van der Waals surface area (Å²) in [4.78, 5) is 1.73. The third-order valence-electron chi connectivity index (χ3n) is 6.65. The zero-order valence-corrected chi connectivity index (χ0v) is 19.2. The number of quaternary nitrogens is 2. The molecule has 0 radical (unpaired) electrons. The average molecular weight is 420 g/mol. The SMILES string of the molecule is CCOc1ccc(-n2c(C)cc(C[NH2+]C3CC[NH+](Cc4ccccc4)CC3)c2C)cc1. The number of benzene rings is 2. The Morgan fingerprint density at radius 3 is 2.39 bits per heavy atom. The first-order chi connectivity index (χ1) is 15.1. The van der Waals surface area contributed by atoms with Crippen LogP contribution in [0.1, 0.15) is 42.3 Å². The van der Waals surface area contributed by atoms with Crippen LogP contribution < -0.4 is 15.0 Å². The Balaban J connectivity index is 1.32. The molecule has 4 nitrogen and oxygen atoms in total. The van der Waals surface area contributed by atoms with Gasteiger partial charge in [-0.1, -0.05) is 30.3 Å². The first-order valence-corrected chi connectivity index (χ1v) is 11.8. The highest BCUT2D eigenvalue weighted by Gasteiger charge is 2.25. The molecule has 1 aliphatic heterocycles. The first-order valence-electron chi connectivity index (χ1n) is 11.8. The third-order valence-corrected chi connectivity index (χ3v) is 6.65. The maximum absolute atomic E-state index is 5.59. The van der Waals surface area contributed by atoms with Crippen LogP contribution in [-0.2, 0) is 13.1 Å². The largest absolute Gasteiger partial charge is 0.494 e. The normalized spacial score (nSPS) is 18.8. The van der Waals surface area contributed by atoms with Crippen molar-refractivity contribution >= 4 is 0 Å². The van der Waals surface area contributed by atoms with E-state index in [1.54, 1.807) is 4.90 Å². The van der Waals surface area contributed by atoms with E-state index in [4.69, 9.17) is 4.74 Å². The number of piperidine rings is 1. The van der Waals surface area contributed by atoms with Gasteiger partial charge >= 0.3 is 0 Å². The Kier molecular flexibility index (Phi) is 7.10. The van der Waals surface area contributed by atoms with E-state index < -0.39 is 0 Å². The second kappa shape index (κ2) is 10.2. The van der Waals surface area contributed by atoms with Crippen LogP contribution in [0.4, 0.5) is 0 Å². The van der Waals surface area contributed by atoms with Gasteiger partial charge in [0.05, 0.1) is 25.7 Å². The summed E-state index contributed by atoms with van der Waals surface area (Å²) in [6, 6.07) is 22.5. The van der Waals surface area contributed by atoms with Crippen molar-refractivity contribution in [1.82, 2.24) is 4.57 Å². The van der Waals surface area contributed by atoms with Gasteiger partial charge in [0, 0.05) is 41.0 Å². The highest BCUT2D eigenvalue weighted by atomic mass is 16.5. The van der Waals surface area contributed by atoms with E-state index in [0.717, 1.165) is 24.9 Å². The minimum Gasteiger partial charge on any atom is -0.494 e. The molecule has 1 fully saturated rings. The number of aryl methyl sites for hydroxylation is 1. The summed E-state index contributed by atoms with van der Waals surface area (Å²) in [5.74, 6) is 0.933. The summed E-state index contributed by atoms with van der Waals surface area (Å²) in [6.07, 6.45) is 2.61. The predicted molar refractivity (Wildman–Crippen MR) is 126 cm³/mol. The van der Waals surface area contributed by atoms with Gasteiger partial charge in [-0.3, -0.25) is 0 Å². The molecule has 31 heavy (non-hydrogen) atoms. The van der Waals surface area contributed by atoms with Crippen molar-refractivity contribution < 1.29 is 15.0 Å². The van der Waals surface area contributed by atoms with Gasteiger partial charge in [0.2, 0.25) is 0 Å². The summed E-state index contributed by atoms with van der Waals surface area (Å²) >= 11 is 0. The highest BCUT2D eigenvalue weighted by Crippen LogP contribution is 2.22. The second-order valence-corrected chi connectivity index (χ2v) is 8.85. The zero-order valence-electron chi connectivity index (χ0n) is 19.2. The van der Waals surface area contributed by atoms with E-state index in [9.17, 15) is 0 Å². The van der Waals surface area contributed by atoms with Crippen LogP contribution >= 0.6 is 0 Å². The molecule has 1 aliphatic rings. The Morgan fingerprint density at radius 1 is 1.00 bits per heavy atom. The van der Waals surface area contributed by atoms with Gasteiger partial charge in [-0.05, 0) is 51.1 Å². The number of hydrogen-bond acceptors (Lipinski definition) is 1. The Labute approximate surface area is 186 Å². The Hall–Kier alpha value is -2.56. The lowest BCUT2D eigenvalue weighted by molar-refractivity contribution is -0.926. The summed E-state index contributed by atoms with van der Waals surface area (Å²) < 4.78 is 7.96. The molecule has 3 N–H and O–H groups in total. The molecule has 0 saturated carbocycles. The Morgan fingerprint density at radius 2 is 1.71 bits per heavy atom. The number of aromatic nitrogens is 1. The van der Waals surface area contributed by atoms with Crippen molar-refractivity contribution in [3.8, 4) is 11.4 Å².